The number of hydrogen-bond donors (Lipinski definition) is 1. The fourth-order valence-corrected chi connectivity index (χ4v) is 7.21. The maximum absolute atomic E-state index is 13.7. The van der Waals surface area contributed by atoms with Crippen molar-refractivity contribution in [3.8, 4) is 5.75 Å². The predicted octanol–water partition coefficient (Wildman–Crippen LogP) is 5.61. The van der Waals surface area contributed by atoms with Gasteiger partial charge in [-0.3, -0.25) is 4.79 Å². The minimum absolute atomic E-state index is 0.0675. The van der Waals surface area contributed by atoms with Crippen molar-refractivity contribution in [3.63, 3.8) is 0 Å². The zero-order valence-corrected chi connectivity index (χ0v) is 22.0. The number of likely N-dealkylation sites (tertiary alicyclic amines) is 1. The highest BCUT2D eigenvalue weighted by Gasteiger charge is 2.59. The Morgan fingerprint density at radius 3 is 2.59 bits per heavy atom. The Kier molecular flexibility index (Phi) is 6.24. The number of piperidine rings is 1. The minimum atomic E-state index is -0.336. The van der Waals surface area contributed by atoms with Crippen LogP contribution >= 0.6 is 0 Å². The Hall–Kier alpha value is -2.89. The summed E-state index contributed by atoms with van der Waals surface area (Å²) in [5.41, 5.74) is 1.27. The molecule has 5 nitrogen and oxygen atoms in total. The van der Waals surface area contributed by atoms with Crippen LogP contribution in [-0.4, -0.2) is 66.2 Å². The van der Waals surface area contributed by atoms with Crippen molar-refractivity contribution in [2.24, 2.45) is 5.92 Å². The van der Waals surface area contributed by atoms with E-state index in [4.69, 9.17) is 4.74 Å². The van der Waals surface area contributed by atoms with Gasteiger partial charge in [0.1, 0.15) is 5.75 Å². The molecule has 1 amide bonds. The zero-order chi connectivity index (χ0) is 25.6. The van der Waals surface area contributed by atoms with E-state index in [1.807, 2.05) is 61.5 Å². The second-order valence-electron chi connectivity index (χ2n) is 11.6. The highest BCUT2D eigenvalue weighted by molar-refractivity contribution is 5.98. The number of ether oxygens (including phenoxy) is 1. The van der Waals surface area contributed by atoms with E-state index in [0.717, 1.165) is 73.1 Å². The average molecular weight is 499 g/mol. The van der Waals surface area contributed by atoms with Crippen molar-refractivity contribution < 1.29 is 14.6 Å². The van der Waals surface area contributed by atoms with Crippen LogP contribution in [0.1, 0.15) is 54.4 Å². The number of amides is 1. The lowest BCUT2D eigenvalue weighted by molar-refractivity contribution is -0.153. The summed E-state index contributed by atoms with van der Waals surface area (Å²) in [6.45, 7) is 3.09. The zero-order valence-electron chi connectivity index (χ0n) is 22.0. The molecule has 2 saturated carbocycles. The molecule has 1 N–H and O–H groups in total. The SMILES string of the molecule is COC12CCC(N(C)C(=O)c3ccc4ccccc4c3)CC1(c1cccc(O)c1)CCN(CC1CC1)C2. The monoisotopic (exact) mass is 498 g/mol. The number of carbonyl (C=O) groups is 1. The smallest absolute Gasteiger partial charge is 0.253 e. The van der Waals surface area contributed by atoms with Crippen molar-refractivity contribution in [3.05, 3.63) is 77.9 Å². The lowest BCUT2D eigenvalue weighted by atomic mass is 9.55. The Morgan fingerprint density at radius 2 is 1.84 bits per heavy atom. The topological polar surface area (TPSA) is 53.0 Å². The molecule has 0 aromatic heterocycles. The van der Waals surface area contributed by atoms with E-state index >= 15 is 0 Å². The number of benzene rings is 3. The first kappa shape index (κ1) is 24.4. The molecule has 5 heteroatoms. The maximum atomic E-state index is 13.7. The van der Waals surface area contributed by atoms with Gasteiger partial charge in [0.2, 0.25) is 0 Å². The van der Waals surface area contributed by atoms with Gasteiger partial charge in [-0.1, -0.05) is 42.5 Å². The molecule has 3 aromatic carbocycles. The van der Waals surface area contributed by atoms with Crippen LogP contribution in [0.2, 0.25) is 0 Å². The van der Waals surface area contributed by atoms with E-state index in [-0.39, 0.29) is 23.0 Å². The van der Waals surface area contributed by atoms with Crippen LogP contribution in [0.5, 0.6) is 5.75 Å². The fourth-order valence-electron chi connectivity index (χ4n) is 7.21. The van der Waals surface area contributed by atoms with Gasteiger partial charge in [0.05, 0.1) is 5.60 Å². The van der Waals surface area contributed by atoms with Gasteiger partial charge in [-0.2, -0.15) is 0 Å². The number of nitrogens with zero attached hydrogens (tertiary/aromatic N) is 2. The van der Waals surface area contributed by atoms with Crippen LogP contribution in [0, 0.1) is 5.92 Å². The third-order valence-electron chi connectivity index (χ3n) is 9.54. The number of aromatic hydroxyl groups is 1. The van der Waals surface area contributed by atoms with Crippen molar-refractivity contribution in [1.82, 2.24) is 9.80 Å². The van der Waals surface area contributed by atoms with Gasteiger partial charge in [-0.05, 0) is 91.6 Å². The van der Waals surface area contributed by atoms with Crippen molar-refractivity contribution in [2.75, 3.05) is 33.8 Å². The van der Waals surface area contributed by atoms with Gasteiger partial charge in [-0.15, -0.1) is 0 Å². The second kappa shape index (κ2) is 9.45. The van der Waals surface area contributed by atoms with E-state index in [1.165, 1.54) is 12.8 Å². The molecule has 37 heavy (non-hydrogen) atoms. The first-order valence-corrected chi connectivity index (χ1v) is 13.8. The maximum Gasteiger partial charge on any atom is 0.253 e. The summed E-state index contributed by atoms with van der Waals surface area (Å²) in [5.74, 6) is 1.20. The molecular weight excluding hydrogens is 460 g/mol. The van der Waals surface area contributed by atoms with Crippen molar-refractivity contribution >= 4 is 16.7 Å². The largest absolute Gasteiger partial charge is 0.508 e. The molecule has 3 atom stereocenters. The number of carbonyl (C=O) groups excluding carboxylic acids is 1. The number of fused-ring (bicyclic) bond motifs is 2. The molecule has 0 spiro atoms. The standard InChI is InChI=1S/C32H38N2O3/c1-33(30(36)26-13-12-24-6-3-4-7-25(24)18-26)28-14-15-32(37-2)22-34(21-23-10-11-23)17-16-31(32,20-28)27-8-5-9-29(35)19-27/h3-9,12-13,18-19,23,28,35H,10-11,14-17,20-22H2,1-2H3. The van der Waals surface area contributed by atoms with Crippen LogP contribution in [0.3, 0.4) is 0 Å². The molecule has 3 fully saturated rings. The Bertz CT molecular complexity index is 1300. The second-order valence-corrected chi connectivity index (χ2v) is 11.6. The Balaban J connectivity index is 1.32. The van der Waals surface area contributed by atoms with E-state index in [1.54, 1.807) is 6.07 Å². The highest BCUT2D eigenvalue weighted by atomic mass is 16.5. The van der Waals surface area contributed by atoms with Gasteiger partial charge >= 0.3 is 0 Å². The summed E-state index contributed by atoms with van der Waals surface area (Å²) < 4.78 is 6.51. The predicted molar refractivity (Wildman–Crippen MR) is 147 cm³/mol. The van der Waals surface area contributed by atoms with Crippen LogP contribution < -0.4 is 0 Å². The van der Waals surface area contributed by atoms with Crippen LogP contribution in [0.4, 0.5) is 0 Å². The number of rotatable bonds is 6. The molecule has 3 aromatic rings. The van der Waals surface area contributed by atoms with Gasteiger partial charge in [0, 0.05) is 44.3 Å². The van der Waals surface area contributed by atoms with Crippen molar-refractivity contribution in [1.29, 1.82) is 0 Å². The lowest BCUT2D eigenvalue weighted by Gasteiger charge is -2.60. The van der Waals surface area contributed by atoms with Crippen LogP contribution in [0.15, 0.2) is 66.7 Å². The minimum Gasteiger partial charge on any atom is -0.508 e. The summed E-state index contributed by atoms with van der Waals surface area (Å²) >= 11 is 0. The highest BCUT2D eigenvalue weighted by Crippen LogP contribution is 2.54. The molecule has 2 aliphatic carbocycles. The molecule has 0 bridgehead atoms. The number of hydrogen-bond acceptors (Lipinski definition) is 4. The van der Waals surface area contributed by atoms with E-state index in [2.05, 4.69) is 23.1 Å². The summed E-state index contributed by atoms with van der Waals surface area (Å²) in [6, 6.07) is 22.0. The summed E-state index contributed by atoms with van der Waals surface area (Å²) in [4.78, 5) is 18.3. The first-order chi connectivity index (χ1) is 17.9. The molecule has 1 heterocycles. The van der Waals surface area contributed by atoms with Gasteiger partial charge < -0.3 is 19.6 Å². The summed E-state index contributed by atoms with van der Waals surface area (Å²) in [7, 11) is 3.82. The number of phenols is 1. The van der Waals surface area contributed by atoms with Crippen LogP contribution in [0.25, 0.3) is 10.8 Å². The normalized spacial score (nSPS) is 28.1. The van der Waals surface area contributed by atoms with E-state index in [9.17, 15) is 9.90 Å². The Morgan fingerprint density at radius 1 is 1.03 bits per heavy atom. The number of methoxy groups -OCH3 is 1. The third-order valence-corrected chi connectivity index (χ3v) is 9.54. The average Bonchev–Trinajstić information content (AvgIpc) is 3.75. The lowest BCUT2D eigenvalue weighted by Crippen LogP contribution is -2.68. The first-order valence-electron chi connectivity index (χ1n) is 13.8. The van der Waals surface area contributed by atoms with E-state index < -0.39 is 0 Å². The quantitative estimate of drug-likeness (QED) is 0.480. The molecule has 3 unspecified atom stereocenters. The van der Waals surface area contributed by atoms with Gasteiger partial charge in [-0.25, -0.2) is 0 Å². The van der Waals surface area contributed by atoms with Crippen LogP contribution in [-0.2, 0) is 10.2 Å². The number of phenolic OH excluding ortho intramolecular Hbond substituents is 1. The molecular formula is C32H38N2O3. The molecule has 1 aliphatic heterocycles. The molecule has 6 rings (SSSR count). The third kappa shape index (κ3) is 4.32. The molecule has 194 valence electrons. The molecule has 3 aliphatic rings. The summed E-state index contributed by atoms with van der Waals surface area (Å²) in [6.07, 6.45) is 6.28. The van der Waals surface area contributed by atoms with Gasteiger partial charge in [0.15, 0.2) is 0 Å². The molecule has 1 saturated heterocycles. The van der Waals surface area contributed by atoms with Gasteiger partial charge in [0.25, 0.3) is 5.91 Å². The Labute approximate surface area is 220 Å². The fraction of sp³-hybridized carbons (Fsp3) is 0.469. The van der Waals surface area contributed by atoms with Crippen molar-refractivity contribution in [2.45, 2.75) is 55.6 Å². The summed E-state index contributed by atoms with van der Waals surface area (Å²) in [5, 5.41) is 12.7. The van der Waals surface area contributed by atoms with E-state index in [0.29, 0.717) is 5.75 Å². The molecule has 0 radical (unpaired) electrons.